The van der Waals surface area contributed by atoms with Gasteiger partial charge in [-0.25, -0.2) is 0 Å². The second-order valence-corrected chi connectivity index (χ2v) is 8.70. The van der Waals surface area contributed by atoms with E-state index in [1.54, 1.807) is 0 Å². The third-order valence-corrected chi connectivity index (χ3v) is 3.55. The van der Waals surface area contributed by atoms with E-state index < -0.39 is 20.8 Å². The summed E-state index contributed by atoms with van der Waals surface area (Å²) in [6, 6.07) is 19.9. The maximum atomic E-state index is 4.93. The molecule has 0 saturated heterocycles. The van der Waals surface area contributed by atoms with Gasteiger partial charge in [-0.2, -0.15) is 6.07 Å². The summed E-state index contributed by atoms with van der Waals surface area (Å²) in [6.45, 7) is 4.35. The van der Waals surface area contributed by atoms with Crippen LogP contribution in [-0.4, -0.2) is 0 Å². The molecule has 0 aliphatic heterocycles. The first-order valence-corrected chi connectivity index (χ1v) is 13.2. The molecule has 0 aliphatic rings. The van der Waals surface area contributed by atoms with Gasteiger partial charge < -0.3 is 0 Å². The topological polar surface area (TPSA) is 0 Å². The summed E-state index contributed by atoms with van der Waals surface area (Å²) in [5, 5.41) is 2.73. The summed E-state index contributed by atoms with van der Waals surface area (Å²) in [5.41, 5.74) is 5.39. The fourth-order valence-corrected chi connectivity index (χ4v) is 2.57. The van der Waals surface area contributed by atoms with Crippen molar-refractivity contribution in [1.29, 1.82) is 0 Å². The molecule has 3 aromatic rings. The molecule has 0 radical (unpaired) electrons. The maximum absolute atomic E-state index is 4.93. The zero-order valence-corrected chi connectivity index (χ0v) is 16.1. The average Bonchev–Trinajstić information content (AvgIpc) is 2.91. The Kier molecular flexibility index (Phi) is 6.61. The molecule has 0 saturated carbocycles. The van der Waals surface area contributed by atoms with E-state index in [-0.39, 0.29) is 0 Å². The monoisotopic (exact) mass is 393 g/mol. The van der Waals surface area contributed by atoms with Crippen LogP contribution in [0.15, 0.2) is 54.6 Å². The van der Waals surface area contributed by atoms with Crippen molar-refractivity contribution in [2.24, 2.45) is 0 Å². The number of hydrogen-bond donors (Lipinski definition) is 0. The van der Waals surface area contributed by atoms with Gasteiger partial charge in [-0.05, 0) is 18.9 Å². The second-order valence-electron chi connectivity index (χ2n) is 4.97. The van der Waals surface area contributed by atoms with Crippen molar-refractivity contribution in [3.63, 3.8) is 0 Å². The van der Waals surface area contributed by atoms with Gasteiger partial charge in [-0.1, -0.05) is 48.4 Å². The molecular weight excluding hydrogens is 378 g/mol. The van der Waals surface area contributed by atoms with E-state index in [9.17, 15) is 0 Å². The van der Waals surface area contributed by atoms with Gasteiger partial charge in [0, 0.05) is 0 Å². The van der Waals surface area contributed by atoms with Crippen molar-refractivity contribution < 1.29 is 20.8 Å². The van der Waals surface area contributed by atoms with Gasteiger partial charge in [0.05, 0.1) is 0 Å². The van der Waals surface area contributed by atoms with Gasteiger partial charge in [0.15, 0.2) is 0 Å². The van der Waals surface area contributed by atoms with Crippen molar-refractivity contribution in [3.8, 4) is 11.1 Å². The van der Waals surface area contributed by atoms with E-state index in [0.717, 1.165) is 6.42 Å². The predicted octanol–water partition coefficient (Wildman–Crippen LogP) is 6.47. The molecular formula is C18H17Cl2Zr-. The standard InChI is InChI=1S/C18H17.2ClH.Zr/c1-3-14-11-16-8-5-9-17(18(16)12-14)15-7-4-6-13(2)10-15;;;/h4-12H,3H2,1-2H3;2*1H;/q-1;;;+2/p-2. The Morgan fingerprint density at radius 1 is 1.05 bits per heavy atom. The fourth-order valence-electron chi connectivity index (χ4n) is 2.57. The van der Waals surface area contributed by atoms with Crippen LogP contribution in [-0.2, 0) is 27.3 Å². The van der Waals surface area contributed by atoms with Crippen LogP contribution in [0.4, 0.5) is 0 Å². The van der Waals surface area contributed by atoms with Crippen molar-refractivity contribution >= 4 is 27.8 Å². The van der Waals surface area contributed by atoms with Crippen molar-refractivity contribution in [2.75, 3.05) is 0 Å². The Morgan fingerprint density at radius 2 is 1.76 bits per heavy atom. The Hall–Kier alpha value is -0.487. The molecule has 0 atom stereocenters. The minimum atomic E-state index is -0.826. The third kappa shape index (κ3) is 4.25. The van der Waals surface area contributed by atoms with Crippen LogP contribution in [0.25, 0.3) is 21.9 Å². The Labute approximate surface area is 145 Å². The average molecular weight is 395 g/mol. The molecule has 0 bridgehead atoms. The summed E-state index contributed by atoms with van der Waals surface area (Å²) < 4.78 is 0. The quantitative estimate of drug-likeness (QED) is 0.436. The zero-order valence-electron chi connectivity index (χ0n) is 12.2. The van der Waals surface area contributed by atoms with E-state index in [1.165, 1.54) is 33.0 Å². The number of benzene rings is 2. The minimum absolute atomic E-state index is 0.826. The van der Waals surface area contributed by atoms with E-state index in [4.69, 9.17) is 17.0 Å². The predicted molar refractivity (Wildman–Crippen MR) is 90.8 cm³/mol. The molecule has 108 valence electrons. The van der Waals surface area contributed by atoms with Gasteiger partial charge in [-0.15, -0.1) is 34.5 Å². The molecule has 3 aromatic carbocycles. The second kappa shape index (κ2) is 8.23. The zero-order chi connectivity index (χ0) is 15.2. The normalized spacial score (nSPS) is 10.1. The molecule has 0 unspecified atom stereocenters. The molecule has 3 heteroatoms. The number of halogens is 2. The summed E-state index contributed by atoms with van der Waals surface area (Å²) >= 11 is -0.826. The molecule has 21 heavy (non-hydrogen) atoms. The molecule has 0 fully saturated rings. The number of aryl methyl sites for hydroxylation is 2. The van der Waals surface area contributed by atoms with Gasteiger partial charge in [-0.3, -0.25) is 0 Å². The van der Waals surface area contributed by atoms with Gasteiger partial charge >= 0.3 is 37.9 Å². The first-order valence-electron chi connectivity index (χ1n) is 6.91. The van der Waals surface area contributed by atoms with Gasteiger partial charge in [0.25, 0.3) is 0 Å². The van der Waals surface area contributed by atoms with Crippen LogP contribution in [0.1, 0.15) is 18.1 Å². The van der Waals surface area contributed by atoms with Crippen LogP contribution in [0.3, 0.4) is 0 Å². The van der Waals surface area contributed by atoms with E-state index in [0.29, 0.717) is 0 Å². The Balaban J connectivity index is 0.000000497. The Morgan fingerprint density at radius 3 is 2.43 bits per heavy atom. The summed E-state index contributed by atoms with van der Waals surface area (Å²) in [5.74, 6) is 0. The fraction of sp³-hybridized carbons (Fsp3) is 0.167. The molecule has 0 aliphatic carbocycles. The van der Waals surface area contributed by atoms with Crippen LogP contribution in [0, 0.1) is 6.92 Å². The van der Waals surface area contributed by atoms with Crippen molar-refractivity contribution in [2.45, 2.75) is 20.3 Å². The van der Waals surface area contributed by atoms with E-state index in [1.807, 2.05) is 0 Å². The molecule has 0 amide bonds. The van der Waals surface area contributed by atoms with Crippen LogP contribution < -0.4 is 0 Å². The molecule has 0 nitrogen and oxygen atoms in total. The van der Waals surface area contributed by atoms with Crippen LogP contribution in [0.5, 0.6) is 0 Å². The molecule has 0 aromatic heterocycles. The summed E-state index contributed by atoms with van der Waals surface area (Å²) in [7, 11) is 9.87. The molecule has 0 N–H and O–H groups in total. The third-order valence-electron chi connectivity index (χ3n) is 3.55. The first kappa shape index (κ1) is 16.9. The summed E-state index contributed by atoms with van der Waals surface area (Å²) in [6.07, 6.45) is 1.10. The van der Waals surface area contributed by atoms with Gasteiger partial charge in [0.2, 0.25) is 0 Å². The van der Waals surface area contributed by atoms with Gasteiger partial charge in [0.1, 0.15) is 0 Å². The SMILES string of the molecule is CCc1cc2c(-c3cccc(C)c3)cccc2[cH-]1.[Cl][Zr][Cl]. The van der Waals surface area contributed by atoms with Crippen molar-refractivity contribution in [3.05, 3.63) is 65.7 Å². The molecule has 0 heterocycles. The van der Waals surface area contributed by atoms with Crippen molar-refractivity contribution in [1.82, 2.24) is 0 Å². The van der Waals surface area contributed by atoms with Crippen LogP contribution in [0.2, 0.25) is 0 Å². The van der Waals surface area contributed by atoms with E-state index >= 15 is 0 Å². The molecule has 0 spiro atoms. The first-order chi connectivity index (χ1) is 10.2. The van der Waals surface area contributed by atoms with Crippen LogP contribution >= 0.6 is 17.0 Å². The number of fused-ring (bicyclic) bond motifs is 1. The number of rotatable bonds is 2. The number of hydrogen-bond acceptors (Lipinski definition) is 0. The Bertz CT molecular complexity index is 716. The summed E-state index contributed by atoms with van der Waals surface area (Å²) in [4.78, 5) is 0. The molecule has 3 rings (SSSR count). The van der Waals surface area contributed by atoms with E-state index in [2.05, 4.69) is 68.4 Å².